The predicted molar refractivity (Wildman–Crippen MR) is 58.5 cm³/mol. The van der Waals surface area contributed by atoms with E-state index in [0.29, 0.717) is 0 Å². The minimum absolute atomic E-state index is 1.18. The summed E-state index contributed by atoms with van der Waals surface area (Å²) in [6.45, 7) is 0. The summed E-state index contributed by atoms with van der Waals surface area (Å²) in [6.07, 6.45) is 22.6. The molecule has 2 aliphatic rings. The summed E-state index contributed by atoms with van der Waals surface area (Å²) in [6, 6.07) is 0. The molecule has 2 aliphatic carbocycles. The third-order valence-corrected chi connectivity index (χ3v) is 2.84. The maximum absolute atomic E-state index is 2.18. The average Bonchev–Trinajstić information content (AvgIpc) is 2.55. The second-order valence-electron chi connectivity index (χ2n) is 3.06. The Morgan fingerprint density at radius 3 is 1.79 bits per heavy atom. The molecule has 0 saturated carbocycles. The summed E-state index contributed by atoms with van der Waals surface area (Å²) >= 11 is 1.78. The van der Waals surface area contributed by atoms with Crippen LogP contribution in [0.4, 0.5) is 0 Å². The second kappa shape index (κ2) is 7.74. The van der Waals surface area contributed by atoms with E-state index in [1.165, 1.54) is 23.3 Å². The fourth-order valence-corrected chi connectivity index (χ4v) is 1.67. The van der Waals surface area contributed by atoms with E-state index in [4.69, 9.17) is 0 Å². The van der Waals surface area contributed by atoms with Gasteiger partial charge in [-0.3, -0.25) is 0 Å². The first-order valence-electron chi connectivity index (χ1n) is 4.89. The standard InChI is InChI=1S/C8H10.C5H5.Re/c1-2-4-6-8-7-5-3-1;1-2-4-5-3-1;/h1-6H,7-8H2;1-3H,4H2;/b2-1-,5-3-,6-4-;;. The van der Waals surface area contributed by atoms with Crippen molar-refractivity contribution in [3.8, 4) is 0 Å². The third kappa shape index (κ3) is 5.91. The van der Waals surface area contributed by atoms with Gasteiger partial charge < -0.3 is 0 Å². The second-order valence-corrected chi connectivity index (χ2v) is 4.81. The monoisotopic (exact) mass is 358 g/mol. The molecule has 74 valence electrons. The van der Waals surface area contributed by atoms with Crippen molar-refractivity contribution in [2.24, 2.45) is 0 Å². The van der Waals surface area contributed by atoms with Crippen molar-refractivity contribution in [3.63, 3.8) is 0 Å². The molecule has 0 bridgehead atoms. The Morgan fingerprint density at radius 1 is 0.786 bits per heavy atom. The van der Waals surface area contributed by atoms with Gasteiger partial charge in [-0.05, 0) is 12.8 Å². The van der Waals surface area contributed by atoms with Crippen molar-refractivity contribution in [3.05, 3.63) is 58.7 Å². The molecular formula is C13H15Re. The summed E-state index contributed by atoms with van der Waals surface area (Å²) in [7, 11) is 0. The molecule has 0 spiro atoms. The van der Waals surface area contributed by atoms with Gasteiger partial charge in [0.15, 0.2) is 0 Å². The molecule has 0 aromatic heterocycles. The van der Waals surface area contributed by atoms with Crippen LogP contribution in [0.1, 0.15) is 19.3 Å². The topological polar surface area (TPSA) is 0 Å². The van der Waals surface area contributed by atoms with Crippen LogP contribution in [0.15, 0.2) is 58.7 Å². The number of rotatable bonds is 0. The van der Waals surface area contributed by atoms with Crippen LogP contribution in [-0.2, 0) is 19.2 Å². The molecule has 0 unspecified atom stereocenters. The first-order chi connectivity index (χ1) is 6.89. The molecule has 0 amide bonds. The Bertz CT molecular complexity index is 274. The van der Waals surface area contributed by atoms with Gasteiger partial charge >= 0.3 is 47.9 Å². The van der Waals surface area contributed by atoms with Crippen LogP contribution >= 0.6 is 0 Å². The fraction of sp³-hybridized carbons (Fsp3) is 0.231. The molecule has 0 nitrogen and oxygen atoms in total. The Kier molecular flexibility index (Phi) is 6.32. The SMILES string of the molecule is C1=C\C=C/CC\C=C/1.[Re][C]1=CC=CC1. The summed E-state index contributed by atoms with van der Waals surface area (Å²) in [5.74, 6) is 0. The van der Waals surface area contributed by atoms with Crippen LogP contribution < -0.4 is 0 Å². The van der Waals surface area contributed by atoms with Crippen molar-refractivity contribution in [2.75, 3.05) is 0 Å². The molecule has 0 N–H and O–H groups in total. The third-order valence-electron chi connectivity index (χ3n) is 1.83. The fourth-order valence-electron chi connectivity index (χ4n) is 1.09. The zero-order valence-corrected chi connectivity index (χ0v) is 10.9. The van der Waals surface area contributed by atoms with Crippen LogP contribution in [0.5, 0.6) is 0 Å². The van der Waals surface area contributed by atoms with E-state index in [1.54, 1.807) is 19.2 Å². The van der Waals surface area contributed by atoms with Gasteiger partial charge in [0.1, 0.15) is 0 Å². The summed E-state index contributed by atoms with van der Waals surface area (Å²) < 4.78 is 1.52. The van der Waals surface area contributed by atoms with Crippen molar-refractivity contribution in [1.29, 1.82) is 0 Å². The van der Waals surface area contributed by atoms with Gasteiger partial charge in [-0.1, -0.05) is 36.5 Å². The minimum atomic E-state index is 1.18. The quantitative estimate of drug-likeness (QED) is 0.618. The maximum atomic E-state index is 2.18. The number of hydrogen-bond acceptors (Lipinski definition) is 0. The Labute approximate surface area is 97.2 Å². The molecule has 0 aliphatic heterocycles. The summed E-state index contributed by atoms with van der Waals surface area (Å²) in [4.78, 5) is 0. The van der Waals surface area contributed by atoms with Crippen LogP contribution in [0, 0.1) is 0 Å². The molecule has 0 aromatic rings. The van der Waals surface area contributed by atoms with Crippen LogP contribution in [-0.4, -0.2) is 0 Å². The van der Waals surface area contributed by atoms with Gasteiger partial charge in [-0.15, -0.1) is 0 Å². The molecular weight excluding hydrogens is 342 g/mol. The number of allylic oxidation sites excluding steroid dienone is 10. The van der Waals surface area contributed by atoms with E-state index in [9.17, 15) is 0 Å². The molecule has 14 heavy (non-hydrogen) atoms. The van der Waals surface area contributed by atoms with E-state index < -0.39 is 0 Å². The van der Waals surface area contributed by atoms with E-state index in [1.807, 2.05) is 0 Å². The zero-order valence-electron chi connectivity index (χ0n) is 8.20. The van der Waals surface area contributed by atoms with Gasteiger partial charge in [0, 0.05) is 0 Å². The van der Waals surface area contributed by atoms with Gasteiger partial charge in [0.2, 0.25) is 0 Å². The first-order valence-corrected chi connectivity index (χ1v) is 6.25. The van der Waals surface area contributed by atoms with E-state index in [-0.39, 0.29) is 0 Å². The predicted octanol–water partition coefficient (Wildman–Crippen LogP) is 3.83. The molecule has 0 aromatic carbocycles. The molecule has 0 heterocycles. The van der Waals surface area contributed by atoms with Gasteiger partial charge in [-0.25, -0.2) is 0 Å². The number of hydrogen-bond donors (Lipinski definition) is 0. The Morgan fingerprint density at radius 2 is 1.43 bits per heavy atom. The van der Waals surface area contributed by atoms with Crippen molar-refractivity contribution < 1.29 is 19.2 Å². The molecule has 2 rings (SSSR count). The molecule has 0 radical (unpaired) electrons. The summed E-state index contributed by atoms with van der Waals surface area (Å²) in [5, 5.41) is 0. The summed E-state index contributed by atoms with van der Waals surface area (Å²) in [5.41, 5.74) is 0. The zero-order chi connectivity index (χ0) is 10.1. The van der Waals surface area contributed by atoms with Crippen LogP contribution in [0.2, 0.25) is 0 Å². The van der Waals surface area contributed by atoms with Crippen molar-refractivity contribution >= 4 is 0 Å². The Hall–Kier alpha value is -0.638. The molecule has 1 heteroatoms. The normalized spacial score (nSPS) is 25.1. The molecule has 0 atom stereocenters. The van der Waals surface area contributed by atoms with Gasteiger partial charge in [-0.2, -0.15) is 0 Å². The Balaban J connectivity index is 0.000000146. The van der Waals surface area contributed by atoms with E-state index in [2.05, 4.69) is 54.7 Å². The van der Waals surface area contributed by atoms with Gasteiger partial charge in [0.25, 0.3) is 0 Å². The van der Waals surface area contributed by atoms with Gasteiger partial charge in [0.05, 0.1) is 0 Å². The van der Waals surface area contributed by atoms with Crippen molar-refractivity contribution in [2.45, 2.75) is 19.3 Å². The first kappa shape index (κ1) is 11.4. The van der Waals surface area contributed by atoms with Crippen LogP contribution in [0.3, 0.4) is 0 Å². The average molecular weight is 357 g/mol. The van der Waals surface area contributed by atoms with Crippen LogP contribution in [0.25, 0.3) is 0 Å². The van der Waals surface area contributed by atoms with Crippen molar-refractivity contribution in [1.82, 2.24) is 0 Å². The van der Waals surface area contributed by atoms with E-state index in [0.717, 1.165) is 0 Å². The molecule has 0 fully saturated rings. The van der Waals surface area contributed by atoms with E-state index >= 15 is 0 Å². The molecule has 0 saturated heterocycles.